The van der Waals surface area contributed by atoms with Crippen LogP contribution in [0.5, 0.6) is 34.5 Å². The number of rotatable bonds is 10. The van der Waals surface area contributed by atoms with Gasteiger partial charge in [0.1, 0.15) is 54.2 Å². The first-order chi connectivity index (χ1) is 26.1. The van der Waals surface area contributed by atoms with Gasteiger partial charge in [-0.3, -0.25) is 4.79 Å². The number of carbonyl (C=O) groups excluding carboxylic acids is 1. The lowest BCUT2D eigenvalue weighted by molar-refractivity contribution is -0.357. The molecule has 294 valence electrons. The summed E-state index contributed by atoms with van der Waals surface area (Å²) in [6.45, 7) is -1.48. The molecule has 0 amide bonds. The van der Waals surface area contributed by atoms with Crippen molar-refractivity contribution in [1.29, 1.82) is 0 Å². The first-order valence-electron chi connectivity index (χ1n) is 16.5. The highest BCUT2D eigenvalue weighted by molar-refractivity contribution is 5.88. The van der Waals surface area contributed by atoms with E-state index in [1.807, 2.05) is 0 Å². The van der Waals surface area contributed by atoms with Crippen molar-refractivity contribution in [2.24, 2.45) is 0 Å². The van der Waals surface area contributed by atoms with Gasteiger partial charge in [-0.2, -0.15) is 0 Å². The van der Waals surface area contributed by atoms with Crippen LogP contribution in [-0.4, -0.2) is 142 Å². The maximum Gasteiger partial charge on any atom is 0.510 e. The zero-order valence-electron chi connectivity index (χ0n) is 28.3. The van der Waals surface area contributed by atoms with Crippen LogP contribution in [-0.2, 0) is 18.9 Å². The summed E-state index contributed by atoms with van der Waals surface area (Å²) >= 11 is 0. The zero-order valence-corrected chi connectivity index (χ0v) is 28.3. The van der Waals surface area contributed by atoms with Gasteiger partial charge in [0, 0.05) is 17.7 Å². The van der Waals surface area contributed by atoms with E-state index in [9.17, 15) is 65.8 Å². The standard InChI is InChI=1S/C36H36O19/c37-12-25-28(45)31(48)34(55-35-32(49)30(47)29(46)26(54-35)13-50-27(44)6-2-14-1-4-18(39)21(42)7-14)36(53-25)52-24-11-17-20(41)9-16(38)10-23(17)51-33(24)15-3-5-19(40)22(43)8-15/h1-11,25-26,28-32,34-37,39-43,45-49H,12-13H2/p+1/t25-,26-,28-,29-,30+,31+,32-,34-,35+,36-/m1/s1. The SMILES string of the molecule is O=c1cc2oc(-c3ccc(O)c(O)c3)c(O[C@@H]3O[C@H](CO)[C@@H](O)[C@H](O)[C@H]3O[C@@H]3O[C@H](COC(=[OH+])C=Cc4ccc(O)c(O)c4)[C@@H](O)[C@H](O)[C@H]3O)cc-2c(O)c1. The number of esters is 1. The average molecular weight is 774 g/mol. The molecular formula is C36H37O19+. The molecule has 0 saturated carbocycles. The van der Waals surface area contributed by atoms with Gasteiger partial charge in [-0.05, 0) is 48.0 Å². The molecule has 2 fully saturated rings. The summed E-state index contributed by atoms with van der Waals surface area (Å²) in [5, 5.41) is 114. The fourth-order valence-electron chi connectivity index (χ4n) is 5.90. The van der Waals surface area contributed by atoms with Crippen LogP contribution in [0.1, 0.15) is 5.56 Å². The van der Waals surface area contributed by atoms with Crippen molar-refractivity contribution in [1.82, 2.24) is 0 Å². The molecule has 4 aliphatic rings. The number of phenolic OH excluding ortho intramolecular Hbond substituents is 5. The molecule has 3 aliphatic heterocycles. The van der Waals surface area contributed by atoms with Crippen molar-refractivity contribution in [2.75, 3.05) is 13.2 Å². The van der Waals surface area contributed by atoms with Crippen LogP contribution in [0.2, 0.25) is 0 Å². The van der Waals surface area contributed by atoms with Gasteiger partial charge in [-0.1, -0.05) is 6.07 Å². The molecule has 55 heavy (non-hydrogen) atoms. The molecule has 19 heteroatoms. The Morgan fingerprint density at radius 1 is 0.727 bits per heavy atom. The van der Waals surface area contributed by atoms with Crippen LogP contribution in [0.3, 0.4) is 0 Å². The number of aliphatic hydroxyl groups is 6. The number of phenols is 5. The summed E-state index contributed by atoms with van der Waals surface area (Å²) in [7, 11) is 0. The molecule has 19 nitrogen and oxygen atoms in total. The highest BCUT2D eigenvalue weighted by Gasteiger charge is 2.52. The lowest BCUT2D eigenvalue weighted by Gasteiger charge is -2.45. The maximum absolute atomic E-state index is 12.1. The smallest absolute Gasteiger partial charge is 0.507 e. The van der Waals surface area contributed by atoms with E-state index in [4.69, 9.17) is 28.1 Å². The van der Waals surface area contributed by atoms with E-state index in [1.165, 1.54) is 36.4 Å². The summed E-state index contributed by atoms with van der Waals surface area (Å²) in [5.74, 6) is -3.69. The predicted octanol–water partition coefficient (Wildman–Crippen LogP) is -0.817. The number of hydrogen-bond acceptors (Lipinski definition) is 18. The van der Waals surface area contributed by atoms with Gasteiger partial charge < -0.3 is 89.1 Å². The molecule has 1 aliphatic carbocycles. The quantitative estimate of drug-likeness (QED) is 0.0406. The Morgan fingerprint density at radius 2 is 1.40 bits per heavy atom. The molecular weight excluding hydrogens is 736 g/mol. The monoisotopic (exact) mass is 773 g/mol. The van der Waals surface area contributed by atoms with Crippen molar-refractivity contribution in [3.8, 4) is 57.1 Å². The van der Waals surface area contributed by atoms with Crippen molar-refractivity contribution in [3.05, 3.63) is 76.5 Å². The van der Waals surface area contributed by atoms with Crippen molar-refractivity contribution in [3.63, 3.8) is 0 Å². The van der Waals surface area contributed by atoms with E-state index in [-0.39, 0.29) is 34.1 Å². The van der Waals surface area contributed by atoms with E-state index < -0.39 is 109 Å². The number of aromatic hydroxyl groups is 5. The van der Waals surface area contributed by atoms with Crippen molar-refractivity contribution >= 4 is 12.0 Å². The molecule has 6 rings (SSSR count). The van der Waals surface area contributed by atoms with Crippen molar-refractivity contribution in [2.45, 2.75) is 61.4 Å². The molecule has 3 heterocycles. The highest BCUT2D eigenvalue weighted by Crippen LogP contribution is 2.43. The van der Waals surface area contributed by atoms with Crippen LogP contribution in [0.25, 0.3) is 28.7 Å². The Bertz CT molecular complexity index is 2060. The summed E-state index contributed by atoms with van der Waals surface area (Å²) in [4.78, 5) is 22.4. The Labute approximate surface area is 309 Å². The Kier molecular flexibility index (Phi) is 11.5. The summed E-state index contributed by atoms with van der Waals surface area (Å²) in [6.07, 6.45) is -15.7. The second-order valence-corrected chi connectivity index (χ2v) is 12.7. The molecule has 2 aromatic carbocycles. The van der Waals surface area contributed by atoms with Crippen LogP contribution in [0.4, 0.5) is 0 Å². The molecule has 0 aromatic heterocycles. The van der Waals surface area contributed by atoms with Gasteiger partial charge >= 0.3 is 5.97 Å². The maximum atomic E-state index is 12.1. The second-order valence-electron chi connectivity index (χ2n) is 12.7. The Hall–Kier alpha value is -5.48. The lowest BCUT2D eigenvalue weighted by atomic mass is 9.97. The lowest BCUT2D eigenvalue weighted by Crippen LogP contribution is -2.65. The van der Waals surface area contributed by atoms with Gasteiger partial charge in [-0.25, -0.2) is 0 Å². The van der Waals surface area contributed by atoms with Crippen LogP contribution < -0.4 is 10.2 Å². The Balaban J connectivity index is 1.27. The molecule has 0 bridgehead atoms. The van der Waals surface area contributed by atoms with Gasteiger partial charge in [-0.15, -0.1) is 0 Å². The summed E-state index contributed by atoms with van der Waals surface area (Å²) < 4.78 is 34.4. The number of hydrogen-bond donors (Lipinski definition) is 11. The number of benzene rings is 3. The third-order valence-electron chi connectivity index (χ3n) is 8.88. The fourth-order valence-corrected chi connectivity index (χ4v) is 5.90. The number of aliphatic hydroxyl groups excluding tert-OH is 6. The van der Waals surface area contributed by atoms with Crippen LogP contribution >= 0.6 is 0 Å². The molecule has 0 unspecified atom stereocenters. The predicted molar refractivity (Wildman–Crippen MR) is 184 cm³/mol. The number of ether oxygens (including phenoxy) is 5. The van der Waals surface area contributed by atoms with E-state index in [0.29, 0.717) is 5.56 Å². The average Bonchev–Trinajstić information content (AvgIpc) is 3.15. The van der Waals surface area contributed by atoms with E-state index >= 15 is 0 Å². The highest BCUT2D eigenvalue weighted by atomic mass is 16.8. The summed E-state index contributed by atoms with van der Waals surface area (Å²) in [5.41, 5.74) is -0.231. The Morgan fingerprint density at radius 3 is 2.09 bits per heavy atom. The summed E-state index contributed by atoms with van der Waals surface area (Å²) in [6, 6.07) is 10.5. The second kappa shape index (κ2) is 16.1. The third-order valence-corrected chi connectivity index (χ3v) is 8.88. The third kappa shape index (κ3) is 8.29. The van der Waals surface area contributed by atoms with E-state index in [1.54, 1.807) is 0 Å². The van der Waals surface area contributed by atoms with Gasteiger partial charge in [0.25, 0.3) is 0 Å². The topological polar surface area (TPSA) is 320 Å². The zero-order chi connectivity index (χ0) is 39.7. The molecule has 2 aromatic rings. The molecule has 10 atom stereocenters. The minimum absolute atomic E-state index is 0.0453. The molecule has 0 radical (unpaired) electrons. The minimum atomic E-state index is -2.00. The normalized spacial score (nSPS) is 28.3. The first kappa shape index (κ1) is 39.2. The number of fused-ring (bicyclic) bond motifs is 1. The van der Waals surface area contributed by atoms with Crippen LogP contribution in [0.15, 0.2) is 69.9 Å². The van der Waals surface area contributed by atoms with Crippen molar-refractivity contribution < 1.29 is 89.1 Å². The first-order valence-corrected chi connectivity index (χ1v) is 16.5. The van der Waals surface area contributed by atoms with Gasteiger partial charge in [0.05, 0.1) is 18.2 Å². The van der Waals surface area contributed by atoms with E-state index in [2.05, 4.69) is 0 Å². The fraction of sp³-hybridized carbons (Fsp3) is 0.333. The van der Waals surface area contributed by atoms with Gasteiger partial charge in [0.2, 0.25) is 12.9 Å². The molecule has 0 spiro atoms. The molecule has 12 N–H and O–H groups in total. The largest absolute Gasteiger partial charge is 0.510 e. The minimum Gasteiger partial charge on any atom is -0.507 e. The van der Waals surface area contributed by atoms with E-state index in [0.717, 1.165) is 30.3 Å². The van der Waals surface area contributed by atoms with Crippen LogP contribution in [0, 0.1) is 0 Å². The van der Waals surface area contributed by atoms with Gasteiger partial charge in [0.15, 0.2) is 52.3 Å². The molecule has 2 saturated heterocycles.